The van der Waals surface area contributed by atoms with Gasteiger partial charge in [0.25, 0.3) is 0 Å². The van der Waals surface area contributed by atoms with Crippen molar-refractivity contribution in [1.29, 1.82) is 0 Å². The van der Waals surface area contributed by atoms with Crippen molar-refractivity contribution < 1.29 is 19.1 Å². The molecule has 23 heavy (non-hydrogen) atoms. The quantitative estimate of drug-likeness (QED) is 0.584. The van der Waals surface area contributed by atoms with E-state index >= 15 is 0 Å². The zero-order valence-electron chi connectivity index (χ0n) is 12.6. The lowest BCUT2D eigenvalue weighted by Crippen LogP contribution is -2.07. The number of hydrogen-bond acceptors (Lipinski definition) is 4. The number of rotatable bonds is 5. The van der Waals surface area contributed by atoms with Crippen molar-refractivity contribution in [3.8, 4) is 5.75 Å². The number of methoxy groups -OCH3 is 1. The van der Waals surface area contributed by atoms with Crippen LogP contribution in [0.1, 0.15) is 33.2 Å². The summed E-state index contributed by atoms with van der Waals surface area (Å²) in [7, 11) is 1.50. The van der Waals surface area contributed by atoms with Crippen LogP contribution >= 0.6 is 23.2 Å². The maximum Gasteiger partial charge on any atom is 0.340 e. The molecule has 2 aromatic carbocycles. The van der Waals surface area contributed by atoms with Gasteiger partial charge in [0.2, 0.25) is 0 Å². The van der Waals surface area contributed by atoms with Gasteiger partial charge in [-0.05, 0) is 43.3 Å². The molecule has 0 aliphatic carbocycles. The van der Waals surface area contributed by atoms with Crippen LogP contribution in [0.3, 0.4) is 0 Å². The van der Waals surface area contributed by atoms with Crippen LogP contribution in [-0.2, 0) is 11.3 Å². The highest BCUT2D eigenvalue weighted by Crippen LogP contribution is 2.24. The van der Waals surface area contributed by atoms with Gasteiger partial charge in [-0.1, -0.05) is 23.2 Å². The van der Waals surface area contributed by atoms with Crippen LogP contribution in [0.2, 0.25) is 10.0 Å². The SMILES string of the molecule is COc1ccc(C(C)=O)cc1COC(=O)c1cc(Cl)ccc1Cl. The van der Waals surface area contributed by atoms with E-state index in [4.69, 9.17) is 32.7 Å². The molecule has 2 rings (SSSR count). The first-order valence-electron chi connectivity index (χ1n) is 6.72. The highest BCUT2D eigenvalue weighted by molar-refractivity contribution is 6.35. The lowest BCUT2D eigenvalue weighted by molar-refractivity contribution is 0.0470. The predicted octanol–water partition coefficient (Wildman–Crippen LogP) is 4.56. The number of carbonyl (C=O) groups excluding carboxylic acids is 2. The molecule has 0 aliphatic rings. The first-order chi connectivity index (χ1) is 10.9. The Kier molecular flexibility index (Phi) is 5.64. The van der Waals surface area contributed by atoms with Crippen LogP contribution < -0.4 is 4.74 Å². The maximum absolute atomic E-state index is 12.1. The molecule has 0 fully saturated rings. The van der Waals surface area contributed by atoms with E-state index in [-0.39, 0.29) is 23.0 Å². The van der Waals surface area contributed by atoms with Gasteiger partial charge in [-0.3, -0.25) is 4.79 Å². The molecule has 2 aromatic rings. The molecule has 4 nitrogen and oxygen atoms in total. The van der Waals surface area contributed by atoms with E-state index in [0.29, 0.717) is 21.9 Å². The Morgan fingerprint density at radius 1 is 1.09 bits per heavy atom. The number of hydrogen-bond donors (Lipinski definition) is 0. The lowest BCUT2D eigenvalue weighted by Gasteiger charge is -2.11. The fourth-order valence-corrected chi connectivity index (χ4v) is 2.35. The van der Waals surface area contributed by atoms with Crippen LogP contribution in [-0.4, -0.2) is 18.9 Å². The Morgan fingerprint density at radius 2 is 1.83 bits per heavy atom. The Bertz CT molecular complexity index is 756. The van der Waals surface area contributed by atoms with E-state index in [9.17, 15) is 9.59 Å². The topological polar surface area (TPSA) is 52.6 Å². The van der Waals surface area contributed by atoms with Crippen molar-refractivity contribution >= 4 is 35.0 Å². The van der Waals surface area contributed by atoms with Crippen molar-refractivity contribution in [2.75, 3.05) is 7.11 Å². The zero-order valence-corrected chi connectivity index (χ0v) is 14.1. The van der Waals surface area contributed by atoms with Gasteiger partial charge in [-0.15, -0.1) is 0 Å². The molecule has 0 atom stereocenters. The van der Waals surface area contributed by atoms with Crippen LogP contribution in [0.15, 0.2) is 36.4 Å². The molecule has 0 heterocycles. The molecular formula is C17H14Cl2O4. The van der Waals surface area contributed by atoms with E-state index in [2.05, 4.69) is 0 Å². The fraction of sp³-hybridized carbons (Fsp3) is 0.176. The van der Waals surface area contributed by atoms with Gasteiger partial charge in [0.05, 0.1) is 17.7 Å². The summed E-state index contributed by atoms with van der Waals surface area (Å²) in [6, 6.07) is 9.49. The molecule has 0 bridgehead atoms. The Balaban J connectivity index is 2.19. The number of esters is 1. The fourth-order valence-electron chi connectivity index (χ4n) is 1.99. The average molecular weight is 353 g/mol. The van der Waals surface area contributed by atoms with Gasteiger partial charge in [0, 0.05) is 16.1 Å². The molecule has 0 spiro atoms. The summed E-state index contributed by atoms with van der Waals surface area (Å²) in [6.45, 7) is 1.41. The molecular weight excluding hydrogens is 339 g/mol. The third-order valence-corrected chi connectivity index (χ3v) is 3.76. The third-order valence-electron chi connectivity index (χ3n) is 3.19. The number of halogens is 2. The molecule has 120 valence electrons. The molecule has 0 N–H and O–H groups in total. The number of ketones is 1. The first-order valence-corrected chi connectivity index (χ1v) is 7.48. The molecule has 0 aromatic heterocycles. The summed E-state index contributed by atoms with van der Waals surface area (Å²) in [6.07, 6.45) is 0. The van der Waals surface area contributed by atoms with Gasteiger partial charge < -0.3 is 9.47 Å². The highest BCUT2D eigenvalue weighted by Gasteiger charge is 2.15. The van der Waals surface area contributed by atoms with Gasteiger partial charge in [-0.25, -0.2) is 4.79 Å². The highest BCUT2D eigenvalue weighted by atomic mass is 35.5. The monoisotopic (exact) mass is 352 g/mol. The van der Waals surface area contributed by atoms with E-state index in [1.807, 2.05) is 0 Å². The van der Waals surface area contributed by atoms with Crippen molar-refractivity contribution in [2.45, 2.75) is 13.5 Å². The summed E-state index contributed by atoms with van der Waals surface area (Å²) in [5.74, 6) is -0.161. The maximum atomic E-state index is 12.1. The molecule has 0 amide bonds. The third kappa shape index (κ3) is 4.24. The number of ether oxygens (including phenoxy) is 2. The normalized spacial score (nSPS) is 10.3. The van der Waals surface area contributed by atoms with E-state index < -0.39 is 5.97 Å². The Hall–Kier alpha value is -2.04. The number of carbonyl (C=O) groups is 2. The summed E-state index contributed by atoms with van der Waals surface area (Å²) >= 11 is 11.8. The first kappa shape index (κ1) is 17.3. The minimum atomic E-state index is -0.604. The minimum absolute atomic E-state index is 0.0496. The average Bonchev–Trinajstić information content (AvgIpc) is 2.54. The van der Waals surface area contributed by atoms with Crippen molar-refractivity contribution in [2.24, 2.45) is 0 Å². The predicted molar refractivity (Wildman–Crippen MR) is 88.6 cm³/mol. The summed E-state index contributed by atoms with van der Waals surface area (Å²) in [5, 5.41) is 0.640. The Morgan fingerprint density at radius 3 is 2.48 bits per heavy atom. The molecule has 0 saturated heterocycles. The summed E-state index contributed by atoms with van der Waals surface area (Å²) in [5.41, 5.74) is 1.28. The molecule has 6 heteroatoms. The van der Waals surface area contributed by atoms with Crippen LogP contribution in [0.4, 0.5) is 0 Å². The van der Waals surface area contributed by atoms with Gasteiger partial charge in [-0.2, -0.15) is 0 Å². The minimum Gasteiger partial charge on any atom is -0.496 e. The second-order valence-electron chi connectivity index (χ2n) is 4.78. The van der Waals surface area contributed by atoms with E-state index in [1.165, 1.54) is 26.2 Å². The van der Waals surface area contributed by atoms with Crippen molar-refractivity contribution in [1.82, 2.24) is 0 Å². The molecule has 0 radical (unpaired) electrons. The smallest absolute Gasteiger partial charge is 0.340 e. The largest absolute Gasteiger partial charge is 0.496 e. The van der Waals surface area contributed by atoms with Crippen LogP contribution in [0.5, 0.6) is 5.75 Å². The standard InChI is InChI=1S/C17H14Cl2O4/c1-10(20)11-3-6-16(22-2)12(7-11)9-23-17(21)14-8-13(18)4-5-15(14)19/h3-8H,9H2,1-2H3. The van der Waals surface area contributed by atoms with E-state index in [1.54, 1.807) is 24.3 Å². The second-order valence-corrected chi connectivity index (χ2v) is 5.63. The summed E-state index contributed by atoms with van der Waals surface area (Å²) < 4.78 is 10.5. The van der Waals surface area contributed by atoms with E-state index in [0.717, 1.165) is 0 Å². The van der Waals surface area contributed by atoms with Gasteiger partial charge in [0.15, 0.2) is 5.78 Å². The second kappa shape index (κ2) is 7.49. The molecule has 0 aliphatic heterocycles. The lowest BCUT2D eigenvalue weighted by atomic mass is 10.1. The van der Waals surface area contributed by atoms with Gasteiger partial charge >= 0.3 is 5.97 Å². The number of benzene rings is 2. The summed E-state index contributed by atoms with van der Waals surface area (Å²) in [4.78, 5) is 23.6. The van der Waals surface area contributed by atoms with Crippen molar-refractivity contribution in [3.05, 3.63) is 63.1 Å². The molecule has 0 unspecified atom stereocenters. The van der Waals surface area contributed by atoms with Gasteiger partial charge in [0.1, 0.15) is 12.4 Å². The van der Waals surface area contributed by atoms with Crippen molar-refractivity contribution in [3.63, 3.8) is 0 Å². The zero-order chi connectivity index (χ0) is 17.0. The number of Topliss-reactive ketones (excluding diaryl/α,β-unsaturated/α-hetero) is 1. The Labute approximate surface area is 143 Å². The molecule has 0 saturated carbocycles. The van der Waals surface area contributed by atoms with Crippen LogP contribution in [0, 0.1) is 0 Å². The van der Waals surface area contributed by atoms with Crippen LogP contribution in [0.25, 0.3) is 0 Å².